The first-order valence-corrected chi connectivity index (χ1v) is 10.9. The zero-order valence-corrected chi connectivity index (χ0v) is 19.3. The summed E-state index contributed by atoms with van der Waals surface area (Å²) >= 11 is 0. The molecule has 0 radical (unpaired) electrons. The van der Waals surface area contributed by atoms with Crippen LogP contribution in [0, 0.1) is 0 Å². The van der Waals surface area contributed by atoms with Crippen molar-refractivity contribution in [1.29, 1.82) is 0 Å². The standard InChI is InChI=1S/C22H29N5O7/c1-4-23-27(2)22(31)34-14-6-5-13(7-14)17-10-20(26-25-17)24-21(30)12-33-19-9-15(32-3)8-18(29)16(19)11-28/h8-11,13-14,23,29H,4-7,12H2,1-3H3,(H2,24,25,26,30)/t13-,14+/m0/s1. The number of aldehydes is 1. The Kier molecular flexibility index (Phi) is 8.30. The minimum absolute atomic E-state index is 0.0241. The molecule has 0 saturated heterocycles. The van der Waals surface area contributed by atoms with Gasteiger partial charge < -0.3 is 24.6 Å². The second kappa shape index (κ2) is 11.4. The maximum atomic E-state index is 12.3. The number of benzene rings is 1. The van der Waals surface area contributed by atoms with Crippen molar-refractivity contribution in [2.24, 2.45) is 0 Å². The summed E-state index contributed by atoms with van der Waals surface area (Å²) in [4.78, 5) is 35.6. The number of aromatic hydroxyl groups is 1. The Balaban J connectivity index is 1.52. The number of carbonyl (C=O) groups excluding carboxylic acids is 3. The first-order chi connectivity index (χ1) is 16.3. The van der Waals surface area contributed by atoms with E-state index in [9.17, 15) is 19.5 Å². The number of phenolic OH excluding ortho intramolecular Hbond substituents is 1. The number of ether oxygens (including phenoxy) is 3. The van der Waals surface area contributed by atoms with E-state index in [0.29, 0.717) is 25.1 Å². The fourth-order valence-corrected chi connectivity index (χ4v) is 3.73. The van der Waals surface area contributed by atoms with Gasteiger partial charge in [0.2, 0.25) is 0 Å². The van der Waals surface area contributed by atoms with Gasteiger partial charge in [-0.3, -0.25) is 14.7 Å². The van der Waals surface area contributed by atoms with E-state index in [-0.39, 0.29) is 34.8 Å². The second-order valence-corrected chi connectivity index (χ2v) is 7.81. The lowest BCUT2D eigenvalue weighted by Crippen LogP contribution is -2.40. The number of rotatable bonds is 10. The van der Waals surface area contributed by atoms with Crippen molar-refractivity contribution in [3.8, 4) is 17.2 Å². The van der Waals surface area contributed by atoms with Crippen LogP contribution in [0.5, 0.6) is 17.2 Å². The number of anilines is 1. The minimum atomic E-state index is -0.498. The highest BCUT2D eigenvalue weighted by atomic mass is 16.6. The van der Waals surface area contributed by atoms with Gasteiger partial charge in [-0.25, -0.2) is 15.2 Å². The maximum absolute atomic E-state index is 12.3. The number of hydrogen-bond acceptors (Lipinski definition) is 9. The summed E-state index contributed by atoms with van der Waals surface area (Å²) in [7, 11) is 3.02. The Morgan fingerprint density at radius 1 is 1.32 bits per heavy atom. The molecule has 1 aliphatic rings. The molecule has 3 rings (SSSR count). The number of hydrogen-bond donors (Lipinski definition) is 4. The van der Waals surface area contributed by atoms with Crippen LogP contribution < -0.4 is 20.2 Å². The van der Waals surface area contributed by atoms with E-state index in [1.54, 1.807) is 13.1 Å². The highest BCUT2D eigenvalue weighted by Crippen LogP contribution is 2.36. The summed E-state index contributed by atoms with van der Waals surface area (Å²) in [6, 6.07) is 4.41. The largest absolute Gasteiger partial charge is 0.507 e. The molecule has 0 bridgehead atoms. The minimum Gasteiger partial charge on any atom is -0.507 e. The number of hydrazine groups is 1. The molecule has 0 spiro atoms. The number of methoxy groups -OCH3 is 1. The molecule has 2 amide bonds. The summed E-state index contributed by atoms with van der Waals surface area (Å²) in [6.07, 6.45) is 2.02. The van der Waals surface area contributed by atoms with E-state index in [4.69, 9.17) is 14.2 Å². The van der Waals surface area contributed by atoms with Gasteiger partial charge in [0.25, 0.3) is 5.91 Å². The summed E-state index contributed by atoms with van der Waals surface area (Å²) in [5.74, 6) is -0.0655. The third-order valence-corrected chi connectivity index (χ3v) is 5.43. The number of aromatic amines is 1. The number of nitrogens with one attached hydrogen (secondary N) is 3. The van der Waals surface area contributed by atoms with Crippen LogP contribution in [0.4, 0.5) is 10.6 Å². The third kappa shape index (κ3) is 6.16. The molecule has 12 heteroatoms. The summed E-state index contributed by atoms with van der Waals surface area (Å²) in [5, 5.41) is 20.9. The molecule has 0 aliphatic heterocycles. The van der Waals surface area contributed by atoms with Crippen LogP contribution >= 0.6 is 0 Å². The molecule has 1 saturated carbocycles. The van der Waals surface area contributed by atoms with Crippen molar-refractivity contribution in [2.45, 2.75) is 38.2 Å². The van der Waals surface area contributed by atoms with E-state index in [0.717, 1.165) is 18.5 Å². The molecule has 1 fully saturated rings. The molecular formula is C22H29N5O7. The molecule has 1 aromatic carbocycles. The molecule has 1 aliphatic carbocycles. The van der Waals surface area contributed by atoms with Crippen LogP contribution in [0.15, 0.2) is 18.2 Å². The van der Waals surface area contributed by atoms with Crippen LogP contribution in [0.25, 0.3) is 0 Å². The molecule has 0 unspecified atom stereocenters. The smallest absolute Gasteiger partial charge is 0.424 e. The maximum Gasteiger partial charge on any atom is 0.424 e. The highest BCUT2D eigenvalue weighted by molar-refractivity contribution is 5.91. The predicted octanol–water partition coefficient (Wildman–Crippen LogP) is 2.18. The molecule has 2 aromatic rings. The van der Waals surface area contributed by atoms with Gasteiger partial charge in [-0.05, 0) is 19.3 Å². The fraction of sp³-hybridized carbons (Fsp3) is 0.455. The number of H-pyrrole nitrogens is 1. The monoisotopic (exact) mass is 475 g/mol. The predicted molar refractivity (Wildman–Crippen MR) is 121 cm³/mol. The molecule has 2 atom stereocenters. The van der Waals surface area contributed by atoms with Crippen molar-refractivity contribution < 1.29 is 33.7 Å². The van der Waals surface area contributed by atoms with Crippen LogP contribution in [-0.2, 0) is 9.53 Å². The number of amides is 2. The van der Waals surface area contributed by atoms with E-state index >= 15 is 0 Å². The zero-order valence-electron chi connectivity index (χ0n) is 19.3. The average Bonchev–Trinajstić information content (AvgIpc) is 3.47. The summed E-state index contributed by atoms with van der Waals surface area (Å²) in [6.45, 7) is 2.10. The number of carbonyl (C=O) groups is 3. The van der Waals surface area contributed by atoms with Gasteiger partial charge >= 0.3 is 6.09 Å². The Morgan fingerprint density at radius 2 is 2.12 bits per heavy atom. The van der Waals surface area contributed by atoms with Crippen molar-refractivity contribution in [2.75, 3.05) is 32.6 Å². The van der Waals surface area contributed by atoms with E-state index in [1.807, 2.05) is 6.92 Å². The number of aromatic nitrogens is 2. The Labute approximate surface area is 196 Å². The number of phenols is 1. The topological polar surface area (TPSA) is 155 Å². The van der Waals surface area contributed by atoms with Crippen LogP contribution in [0.2, 0.25) is 0 Å². The van der Waals surface area contributed by atoms with E-state index in [2.05, 4.69) is 20.9 Å². The highest BCUT2D eigenvalue weighted by Gasteiger charge is 2.30. The first-order valence-electron chi connectivity index (χ1n) is 10.9. The average molecular weight is 476 g/mol. The van der Waals surface area contributed by atoms with Crippen LogP contribution in [-0.4, -0.2) is 72.0 Å². The first kappa shape index (κ1) is 24.8. The lowest BCUT2D eigenvalue weighted by atomic mass is 10.0. The van der Waals surface area contributed by atoms with Crippen molar-refractivity contribution >= 4 is 24.1 Å². The lowest BCUT2D eigenvalue weighted by molar-refractivity contribution is -0.118. The molecule has 34 heavy (non-hydrogen) atoms. The molecule has 12 nitrogen and oxygen atoms in total. The summed E-state index contributed by atoms with van der Waals surface area (Å²) in [5.41, 5.74) is 3.63. The zero-order chi connectivity index (χ0) is 24.7. The van der Waals surface area contributed by atoms with Gasteiger partial charge in [-0.15, -0.1) is 0 Å². The van der Waals surface area contributed by atoms with Crippen molar-refractivity contribution in [3.63, 3.8) is 0 Å². The molecule has 1 heterocycles. The van der Waals surface area contributed by atoms with Gasteiger partial charge in [0.1, 0.15) is 23.4 Å². The Hall–Kier alpha value is -3.80. The SMILES string of the molecule is CCNN(C)C(=O)O[C@@H]1CC[C@H](c2cc(NC(=O)COc3cc(OC)cc(O)c3C=O)n[nH]2)C1. The van der Waals surface area contributed by atoms with Gasteiger partial charge in [-0.1, -0.05) is 6.92 Å². The molecular weight excluding hydrogens is 446 g/mol. The Bertz CT molecular complexity index is 1030. The van der Waals surface area contributed by atoms with Gasteiger partial charge in [0, 0.05) is 43.4 Å². The van der Waals surface area contributed by atoms with E-state index in [1.165, 1.54) is 24.3 Å². The Morgan fingerprint density at radius 3 is 2.82 bits per heavy atom. The number of nitrogens with zero attached hydrogens (tertiary/aromatic N) is 2. The van der Waals surface area contributed by atoms with Crippen LogP contribution in [0.1, 0.15) is 48.2 Å². The van der Waals surface area contributed by atoms with Gasteiger partial charge in [0.15, 0.2) is 18.7 Å². The normalized spacial score (nSPS) is 17.1. The van der Waals surface area contributed by atoms with Crippen molar-refractivity contribution in [1.82, 2.24) is 20.6 Å². The van der Waals surface area contributed by atoms with Crippen LogP contribution in [0.3, 0.4) is 0 Å². The summed E-state index contributed by atoms with van der Waals surface area (Å²) < 4.78 is 16.0. The van der Waals surface area contributed by atoms with E-state index < -0.39 is 18.6 Å². The second-order valence-electron chi connectivity index (χ2n) is 7.81. The quantitative estimate of drug-likeness (QED) is 0.299. The molecule has 1 aromatic heterocycles. The molecule has 184 valence electrons. The van der Waals surface area contributed by atoms with Gasteiger partial charge in [0.05, 0.1) is 12.7 Å². The molecule has 4 N–H and O–H groups in total. The lowest BCUT2D eigenvalue weighted by Gasteiger charge is -2.20. The third-order valence-electron chi connectivity index (χ3n) is 5.43. The fourth-order valence-electron chi connectivity index (χ4n) is 3.73. The van der Waals surface area contributed by atoms with Gasteiger partial charge in [-0.2, -0.15) is 5.10 Å². The van der Waals surface area contributed by atoms with Crippen molar-refractivity contribution in [3.05, 3.63) is 29.5 Å².